The van der Waals surface area contributed by atoms with Gasteiger partial charge in [0.05, 0.1) is 29.3 Å². The average Bonchev–Trinajstić information content (AvgIpc) is 2.88. The maximum atomic E-state index is 13.7. The first kappa shape index (κ1) is 27.4. The van der Waals surface area contributed by atoms with E-state index in [2.05, 4.69) is 4.98 Å². The monoisotopic (exact) mass is 551 g/mol. The van der Waals surface area contributed by atoms with Gasteiger partial charge in [-0.3, -0.25) is 9.78 Å². The Labute approximate surface area is 217 Å². The number of piperidine rings is 1. The van der Waals surface area contributed by atoms with Crippen LogP contribution in [0.25, 0.3) is 0 Å². The van der Waals surface area contributed by atoms with Gasteiger partial charge in [-0.2, -0.15) is 13.2 Å². The topological polar surface area (TPSA) is 79.8 Å². The molecule has 0 atom stereocenters. The summed E-state index contributed by atoms with van der Waals surface area (Å²) in [4.78, 5) is 20.3. The summed E-state index contributed by atoms with van der Waals surface area (Å²) in [5, 5.41) is 0. The Hall–Kier alpha value is -3.67. The molecule has 1 aromatic heterocycles. The Kier molecular flexibility index (Phi) is 7.63. The minimum Gasteiger partial charge on any atom is -0.494 e. The summed E-state index contributed by atoms with van der Waals surface area (Å²) >= 11 is 0. The fraction of sp³-hybridized carbons (Fsp3) is 0.308. The summed E-state index contributed by atoms with van der Waals surface area (Å²) in [7, 11) is -2.38. The SMILES string of the molecule is COc1ccncc1N(c1ccc(C(F)(F)F)cc1)C1CCN(C(=O)c2ccc(F)cc2S(C)(=O)=O)CC1. The number of anilines is 2. The molecule has 38 heavy (non-hydrogen) atoms. The van der Waals surface area contributed by atoms with Crippen LogP contribution in [0.4, 0.5) is 28.9 Å². The number of carbonyl (C=O) groups excluding carboxylic acids is 1. The molecule has 7 nitrogen and oxygen atoms in total. The van der Waals surface area contributed by atoms with Crippen molar-refractivity contribution in [2.75, 3.05) is 31.4 Å². The van der Waals surface area contributed by atoms with E-state index < -0.39 is 33.3 Å². The Balaban J connectivity index is 1.62. The number of ether oxygens (including phenoxy) is 1. The highest BCUT2D eigenvalue weighted by molar-refractivity contribution is 7.90. The summed E-state index contributed by atoms with van der Waals surface area (Å²) in [5.74, 6) is -0.829. The number of amides is 1. The first-order chi connectivity index (χ1) is 17.9. The zero-order valence-corrected chi connectivity index (χ0v) is 21.4. The molecule has 0 saturated carbocycles. The third-order valence-corrected chi connectivity index (χ3v) is 7.54. The van der Waals surface area contributed by atoms with Crippen molar-refractivity contribution in [3.05, 3.63) is 77.9 Å². The van der Waals surface area contributed by atoms with Crippen LogP contribution in [0, 0.1) is 5.82 Å². The van der Waals surface area contributed by atoms with Crippen LogP contribution in [0.5, 0.6) is 5.75 Å². The lowest BCUT2D eigenvalue weighted by Gasteiger charge is -2.40. The van der Waals surface area contributed by atoms with Crippen LogP contribution in [0.15, 0.2) is 65.8 Å². The van der Waals surface area contributed by atoms with Gasteiger partial charge in [0.2, 0.25) is 0 Å². The predicted octanol–water partition coefficient (Wildman–Crippen LogP) is 5.09. The summed E-state index contributed by atoms with van der Waals surface area (Å²) < 4.78 is 83.0. The number of hydrogen-bond donors (Lipinski definition) is 0. The molecule has 0 N–H and O–H groups in total. The summed E-state index contributed by atoms with van der Waals surface area (Å²) in [6, 6.07) is 9.20. The highest BCUT2D eigenvalue weighted by atomic mass is 32.2. The summed E-state index contributed by atoms with van der Waals surface area (Å²) in [6.07, 6.45) is 0.363. The van der Waals surface area contributed by atoms with Crippen molar-refractivity contribution in [1.29, 1.82) is 0 Å². The van der Waals surface area contributed by atoms with Crippen LogP contribution in [0.2, 0.25) is 0 Å². The van der Waals surface area contributed by atoms with Crippen molar-refractivity contribution in [3.63, 3.8) is 0 Å². The maximum absolute atomic E-state index is 13.7. The van der Waals surface area contributed by atoms with Crippen LogP contribution in [0.1, 0.15) is 28.8 Å². The van der Waals surface area contributed by atoms with E-state index in [9.17, 15) is 30.8 Å². The van der Waals surface area contributed by atoms with E-state index >= 15 is 0 Å². The molecule has 1 aliphatic heterocycles. The van der Waals surface area contributed by atoms with Gasteiger partial charge in [-0.1, -0.05) is 0 Å². The highest BCUT2D eigenvalue weighted by Gasteiger charge is 2.33. The van der Waals surface area contributed by atoms with Crippen molar-refractivity contribution in [3.8, 4) is 5.75 Å². The van der Waals surface area contributed by atoms with E-state index in [0.717, 1.165) is 36.6 Å². The standard InChI is InChI=1S/C26H25F4N3O4S/c1-37-23-9-12-31-16-22(23)33(19-6-3-17(4-7-19)26(28,29)30)20-10-13-32(14-11-20)25(34)21-8-5-18(27)15-24(21)38(2,35)36/h3-9,12,15-16,20H,10-11,13-14H2,1-2H3. The summed E-state index contributed by atoms with van der Waals surface area (Å²) in [6.45, 7) is 0.480. The Morgan fingerprint density at radius 3 is 2.32 bits per heavy atom. The third-order valence-electron chi connectivity index (χ3n) is 6.40. The largest absolute Gasteiger partial charge is 0.494 e. The zero-order valence-electron chi connectivity index (χ0n) is 20.6. The molecule has 2 heterocycles. The van der Waals surface area contributed by atoms with Crippen LogP contribution in [-0.4, -0.2) is 56.7 Å². The van der Waals surface area contributed by atoms with Gasteiger partial charge in [0.1, 0.15) is 17.3 Å². The number of halogens is 4. The van der Waals surface area contributed by atoms with Crippen LogP contribution in [0.3, 0.4) is 0 Å². The zero-order chi connectivity index (χ0) is 27.7. The Morgan fingerprint density at radius 2 is 1.74 bits per heavy atom. The molecule has 1 aliphatic rings. The number of methoxy groups -OCH3 is 1. The fourth-order valence-electron chi connectivity index (χ4n) is 4.56. The fourth-order valence-corrected chi connectivity index (χ4v) is 5.44. The molecule has 1 fully saturated rings. The second-order valence-corrected chi connectivity index (χ2v) is 10.9. The molecule has 2 aromatic carbocycles. The third kappa shape index (κ3) is 5.74. The number of rotatable bonds is 6. The van der Waals surface area contributed by atoms with Crippen molar-refractivity contribution in [1.82, 2.24) is 9.88 Å². The lowest BCUT2D eigenvalue weighted by molar-refractivity contribution is -0.137. The number of sulfone groups is 1. The smallest absolute Gasteiger partial charge is 0.416 e. The van der Waals surface area contributed by atoms with E-state index in [-0.39, 0.29) is 29.6 Å². The van der Waals surface area contributed by atoms with Gasteiger partial charge in [-0.15, -0.1) is 0 Å². The van der Waals surface area contributed by atoms with E-state index in [1.807, 2.05) is 4.90 Å². The van der Waals surface area contributed by atoms with Gasteiger partial charge in [0.25, 0.3) is 5.91 Å². The van der Waals surface area contributed by atoms with Crippen LogP contribution < -0.4 is 9.64 Å². The van der Waals surface area contributed by atoms with Gasteiger partial charge < -0.3 is 14.5 Å². The molecule has 4 rings (SSSR count). The molecular weight excluding hydrogens is 526 g/mol. The average molecular weight is 552 g/mol. The second-order valence-electron chi connectivity index (χ2n) is 8.90. The lowest BCUT2D eigenvalue weighted by atomic mass is 10.00. The number of alkyl halides is 3. The van der Waals surface area contributed by atoms with E-state index in [1.54, 1.807) is 12.3 Å². The number of carbonyl (C=O) groups is 1. The lowest BCUT2D eigenvalue weighted by Crippen LogP contribution is -2.45. The van der Waals surface area contributed by atoms with Gasteiger partial charge in [-0.05, 0) is 55.3 Å². The second kappa shape index (κ2) is 10.6. The van der Waals surface area contributed by atoms with E-state index in [4.69, 9.17) is 4.74 Å². The molecule has 1 amide bonds. The number of hydrogen-bond acceptors (Lipinski definition) is 6. The van der Waals surface area contributed by atoms with E-state index in [0.29, 0.717) is 30.0 Å². The van der Waals surface area contributed by atoms with Gasteiger partial charge in [-0.25, -0.2) is 12.8 Å². The first-order valence-corrected chi connectivity index (χ1v) is 13.5. The minimum absolute atomic E-state index is 0.110. The van der Waals surface area contributed by atoms with Crippen molar-refractivity contribution in [2.45, 2.75) is 30.0 Å². The molecule has 12 heteroatoms. The van der Waals surface area contributed by atoms with Crippen molar-refractivity contribution in [2.24, 2.45) is 0 Å². The quantitative estimate of drug-likeness (QED) is 0.397. The predicted molar refractivity (Wildman–Crippen MR) is 133 cm³/mol. The molecule has 0 radical (unpaired) electrons. The Bertz CT molecular complexity index is 1420. The van der Waals surface area contributed by atoms with Gasteiger partial charge in [0, 0.05) is 43.3 Å². The molecule has 202 valence electrons. The number of aromatic nitrogens is 1. The van der Waals surface area contributed by atoms with Crippen molar-refractivity contribution < 1.29 is 35.5 Å². The van der Waals surface area contributed by atoms with Gasteiger partial charge in [0.15, 0.2) is 9.84 Å². The molecule has 0 spiro atoms. The van der Waals surface area contributed by atoms with E-state index in [1.165, 1.54) is 30.3 Å². The molecule has 0 bridgehead atoms. The van der Waals surface area contributed by atoms with Crippen molar-refractivity contribution >= 4 is 27.1 Å². The minimum atomic E-state index is -4.48. The normalized spacial score (nSPS) is 14.8. The number of pyridine rings is 1. The maximum Gasteiger partial charge on any atom is 0.416 e. The number of nitrogens with zero attached hydrogens (tertiary/aromatic N) is 3. The highest BCUT2D eigenvalue weighted by Crippen LogP contribution is 2.39. The van der Waals surface area contributed by atoms with Crippen LogP contribution in [-0.2, 0) is 16.0 Å². The van der Waals surface area contributed by atoms with Gasteiger partial charge >= 0.3 is 6.18 Å². The molecular formula is C26H25F4N3O4S. The number of benzene rings is 2. The number of likely N-dealkylation sites (tertiary alicyclic amines) is 1. The van der Waals surface area contributed by atoms with Crippen LogP contribution >= 0.6 is 0 Å². The summed E-state index contributed by atoms with van der Waals surface area (Å²) in [5.41, 5.74) is 0.158. The molecule has 0 unspecified atom stereocenters. The molecule has 1 saturated heterocycles. The molecule has 3 aromatic rings. The first-order valence-electron chi connectivity index (χ1n) is 11.6. The molecule has 0 aliphatic carbocycles. The Morgan fingerprint density at radius 1 is 1.08 bits per heavy atom.